The van der Waals surface area contributed by atoms with Gasteiger partial charge < -0.3 is 10.7 Å². The number of aromatic nitrogens is 4. The Morgan fingerprint density at radius 1 is 1.11 bits per heavy atom. The summed E-state index contributed by atoms with van der Waals surface area (Å²) in [5.41, 5.74) is 11.2. The van der Waals surface area contributed by atoms with E-state index < -0.39 is 0 Å². The molecule has 2 heterocycles. The van der Waals surface area contributed by atoms with Crippen molar-refractivity contribution in [3.05, 3.63) is 35.0 Å². The molecule has 18 heavy (non-hydrogen) atoms. The summed E-state index contributed by atoms with van der Waals surface area (Å²) in [5, 5.41) is 4.32. The molecular weight excluding hydrogens is 226 g/mol. The molecule has 0 fully saturated rings. The normalized spacial score (nSPS) is 11.3. The third-order valence-corrected chi connectivity index (χ3v) is 3.14. The lowest BCUT2D eigenvalue weighted by atomic mass is 10.1. The predicted octanol–water partition coefficient (Wildman–Crippen LogP) is 2.26. The zero-order valence-electron chi connectivity index (χ0n) is 10.7. The molecule has 0 saturated carbocycles. The molecule has 0 amide bonds. The molecule has 0 spiro atoms. The Kier molecular flexibility index (Phi) is 2.16. The molecule has 3 aromatic rings. The molecule has 2 aromatic heterocycles. The van der Waals surface area contributed by atoms with Gasteiger partial charge >= 0.3 is 0 Å². The third kappa shape index (κ3) is 1.55. The van der Waals surface area contributed by atoms with Crippen LogP contribution in [-0.2, 0) is 0 Å². The monoisotopic (exact) mass is 241 g/mol. The van der Waals surface area contributed by atoms with Gasteiger partial charge in [-0.3, -0.25) is 0 Å². The Morgan fingerprint density at radius 2 is 1.83 bits per heavy atom. The highest BCUT2D eigenvalue weighted by Crippen LogP contribution is 2.20. The highest BCUT2D eigenvalue weighted by molar-refractivity contribution is 5.78. The molecule has 0 bridgehead atoms. The average molecular weight is 241 g/mol. The Morgan fingerprint density at radius 3 is 2.50 bits per heavy atom. The lowest BCUT2D eigenvalue weighted by molar-refractivity contribution is 0.825. The van der Waals surface area contributed by atoms with Gasteiger partial charge in [0.05, 0.1) is 16.7 Å². The fourth-order valence-corrected chi connectivity index (χ4v) is 2.05. The van der Waals surface area contributed by atoms with Crippen LogP contribution in [0.3, 0.4) is 0 Å². The fourth-order valence-electron chi connectivity index (χ4n) is 2.05. The quantitative estimate of drug-likeness (QED) is 0.686. The number of H-pyrrole nitrogens is 1. The van der Waals surface area contributed by atoms with E-state index in [2.05, 4.69) is 41.0 Å². The van der Waals surface area contributed by atoms with Gasteiger partial charge in [-0.05, 0) is 44.0 Å². The molecular formula is C13H15N5. The first-order valence-electron chi connectivity index (χ1n) is 5.84. The number of benzene rings is 1. The van der Waals surface area contributed by atoms with Crippen LogP contribution >= 0.6 is 0 Å². The first-order chi connectivity index (χ1) is 8.54. The van der Waals surface area contributed by atoms with E-state index in [1.807, 2.05) is 13.0 Å². The SMILES string of the molecule is Cc1cc(N)n(-c2nc3cc(C)c(C)cc3[nH]2)n1. The first-order valence-corrected chi connectivity index (χ1v) is 5.84. The zero-order chi connectivity index (χ0) is 12.9. The minimum Gasteiger partial charge on any atom is -0.383 e. The summed E-state index contributed by atoms with van der Waals surface area (Å²) in [6.07, 6.45) is 0. The molecule has 0 radical (unpaired) electrons. The highest BCUT2D eigenvalue weighted by Gasteiger charge is 2.10. The van der Waals surface area contributed by atoms with Crippen molar-refractivity contribution in [1.29, 1.82) is 0 Å². The second-order valence-electron chi connectivity index (χ2n) is 4.64. The summed E-state index contributed by atoms with van der Waals surface area (Å²) in [6.45, 7) is 6.07. The molecule has 0 aliphatic carbocycles. The standard InChI is InChI=1S/C13H15N5/c1-7-4-10-11(5-8(7)2)16-13(15-10)18-12(14)6-9(3)17-18/h4-6H,14H2,1-3H3,(H,15,16). The summed E-state index contributed by atoms with van der Waals surface area (Å²) in [4.78, 5) is 7.77. The lowest BCUT2D eigenvalue weighted by Gasteiger charge is -1.97. The number of nitrogens with one attached hydrogen (secondary N) is 1. The van der Waals surface area contributed by atoms with Crippen molar-refractivity contribution < 1.29 is 0 Å². The van der Waals surface area contributed by atoms with Crippen LogP contribution in [0.4, 0.5) is 5.82 Å². The van der Waals surface area contributed by atoms with E-state index in [-0.39, 0.29) is 0 Å². The van der Waals surface area contributed by atoms with Crippen LogP contribution in [0.5, 0.6) is 0 Å². The number of rotatable bonds is 1. The number of fused-ring (bicyclic) bond motifs is 1. The maximum absolute atomic E-state index is 5.90. The van der Waals surface area contributed by atoms with E-state index in [1.165, 1.54) is 11.1 Å². The molecule has 3 rings (SSSR count). The summed E-state index contributed by atoms with van der Waals surface area (Å²) in [5.74, 6) is 1.24. The molecule has 0 atom stereocenters. The van der Waals surface area contributed by atoms with Crippen LogP contribution < -0.4 is 5.73 Å². The second-order valence-corrected chi connectivity index (χ2v) is 4.64. The highest BCUT2D eigenvalue weighted by atomic mass is 15.4. The Hall–Kier alpha value is -2.30. The fraction of sp³-hybridized carbons (Fsp3) is 0.231. The minimum atomic E-state index is 0.583. The number of nitrogens with two attached hydrogens (primary N) is 1. The number of aromatic amines is 1. The Labute approximate surface area is 105 Å². The molecule has 5 nitrogen and oxygen atoms in total. The van der Waals surface area contributed by atoms with Crippen LogP contribution in [0.2, 0.25) is 0 Å². The van der Waals surface area contributed by atoms with Gasteiger partial charge in [0.2, 0.25) is 5.95 Å². The number of hydrogen-bond acceptors (Lipinski definition) is 3. The van der Waals surface area contributed by atoms with Gasteiger partial charge in [0.25, 0.3) is 0 Å². The van der Waals surface area contributed by atoms with E-state index in [4.69, 9.17) is 5.73 Å². The molecule has 0 aliphatic heterocycles. The van der Waals surface area contributed by atoms with Gasteiger partial charge in [-0.1, -0.05) is 0 Å². The van der Waals surface area contributed by atoms with Gasteiger partial charge in [-0.2, -0.15) is 9.78 Å². The van der Waals surface area contributed by atoms with E-state index >= 15 is 0 Å². The molecule has 0 saturated heterocycles. The van der Waals surface area contributed by atoms with E-state index in [0.717, 1.165) is 16.7 Å². The second kappa shape index (κ2) is 3.60. The van der Waals surface area contributed by atoms with Crippen molar-refractivity contribution in [2.45, 2.75) is 20.8 Å². The van der Waals surface area contributed by atoms with Gasteiger partial charge in [-0.15, -0.1) is 0 Å². The van der Waals surface area contributed by atoms with Crippen LogP contribution in [0, 0.1) is 20.8 Å². The van der Waals surface area contributed by atoms with E-state index in [0.29, 0.717) is 11.8 Å². The van der Waals surface area contributed by atoms with Crippen molar-refractivity contribution in [3.8, 4) is 5.95 Å². The molecule has 0 unspecified atom stereocenters. The van der Waals surface area contributed by atoms with Crippen LogP contribution in [-0.4, -0.2) is 19.7 Å². The summed E-state index contributed by atoms with van der Waals surface area (Å²) >= 11 is 0. The van der Waals surface area contributed by atoms with Gasteiger partial charge in [0, 0.05) is 6.07 Å². The third-order valence-electron chi connectivity index (χ3n) is 3.14. The van der Waals surface area contributed by atoms with E-state index in [9.17, 15) is 0 Å². The van der Waals surface area contributed by atoms with Crippen molar-refractivity contribution >= 4 is 16.9 Å². The maximum atomic E-state index is 5.90. The predicted molar refractivity (Wildman–Crippen MR) is 71.8 cm³/mol. The Balaban J connectivity index is 2.22. The van der Waals surface area contributed by atoms with Crippen LogP contribution in [0.15, 0.2) is 18.2 Å². The van der Waals surface area contributed by atoms with E-state index in [1.54, 1.807) is 4.68 Å². The number of nitrogens with zero attached hydrogens (tertiary/aromatic N) is 3. The largest absolute Gasteiger partial charge is 0.383 e. The van der Waals surface area contributed by atoms with Crippen molar-refractivity contribution in [3.63, 3.8) is 0 Å². The number of imidazole rings is 1. The summed E-state index contributed by atoms with van der Waals surface area (Å²) in [7, 11) is 0. The molecule has 92 valence electrons. The van der Waals surface area contributed by atoms with Gasteiger partial charge in [-0.25, -0.2) is 4.98 Å². The minimum absolute atomic E-state index is 0.583. The van der Waals surface area contributed by atoms with Crippen molar-refractivity contribution in [2.24, 2.45) is 0 Å². The van der Waals surface area contributed by atoms with Gasteiger partial charge in [0.15, 0.2) is 0 Å². The molecule has 3 N–H and O–H groups in total. The molecule has 5 heteroatoms. The van der Waals surface area contributed by atoms with Crippen molar-refractivity contribution in [2.75, 3.05) is 5.73 Å². The van der Waals surface area contributed by atoms with Gasteiger partial charge in [0.1, 0.15) is 5.82 Å². The molecule has 0 aliphatic rings. The number of nitrogen functional groups attached to an aromatic ring is 1. The Bertz CT molecular complexity index is 696. The summed E-state index contributed by atoms with van der Waals surface area (Å²) < 4.78 is 1.62. The smallest absolute Gasteiger partial charge is 0.230 e. The zero-order valence-corrected chi connectivity index (χ0v) is 10.7. The number of aryl methyl sites for hydroxylation is 3. The summed E-state index contributed by atoms with van der Waals surface area (Å²) in [6, 6.07) is 5.98. The molecule has 1 aromatic carbocycles. The maximum Gasteiger partial charge on any atom is 0.230 e. The topological polar surface area (TPSA) is 72.5 Å². The van der Waals surface area contributed by atoms with Crippen molar-refractivity contribution in [1.82, 2.24) is 19.7 Å². The average Bonchev–Trinajstić information content (AvgIpc) is 2.82. The number of hydrogen-bond donors (Lipinski definition) is 2. The first kappa shape index (κ1) is 10.8. The lowest BCUT2D eigenvalue weighted by Crippen LogP contribution is -2.03. The van der Waals surface area contributed by atoms with Crippen LogP contribution in [0.25, 0.3) is 17.0 Å². The van der Waals surface area contributed by atoms with Crippen LogP contribution in [0.1, 0.15) is 16.8 Å². The number of anilines is 1.